The molecule has 0 bridgehead atoms. The zero-order valence-corrected chi connectivity index (χ0v) is 19.5. The molecule has 1 aliphatic heterocycles. The lowest BCUT2D eigenvalue weighted by molar-refractivity contribution is -0.276. The highest BCUT2D eigenvalue weighted by molar-refractivity contribution is 5.66. The van der Waals surface area contributed by atoms with Gasteiger partial charge in [-0.1, -0.05) is 6.92 Å². The summed E-state index contributed by atoms with van der Waals surface area (Å²) < 4.78 is 156. The van der Waals surface area contributed by atoms with Crippen molar-refractivity contribution >= 4 is 0 Å². The molecule has 210 valence electrons. The Labute approximate surface area is 213 Å². The second-order valence-electron chi connectivity index (χ2n) is 8.54. The summed E-state index contributed by atoms with van der Waals surface area (Å²) in [6, 6.07) is 3.54. The smallest absolute Gasteiger partial charge is 0.429 e. The average Bonchev–Trinajstić information content (AvgIpc) is 2.80. The minimum absolute atomic E-state index is 0.0144. The average molecular weight is 570 g/mol. The lowest BCUT2D eigenvalue weighted by Crippen LogP contribution is -2.27. The fourth-order valence-corrected chi connectivity index (χ4v) is 3.72. The van der Waals surface area contributed by atoms with E-state index in [0.717, 1.165) is 0 Å². The largest absolute Gasteiger partial charge is 0.573 e. The molecule has 0 saturated carbocycles. The molecular formula is C25H16F10O4. The van der Waals surface area contributed by atoms with Crippen LogP contribution in [0.4, 0.5) is 43.9 Å². The number of hydrogen-bond donors (Lipinski definition) is 0. The fourth-order valence-electron chi connectivity index (χ4n) is 3.72. The van der Waals surface area contributed by atoms with Crippen molar-refractivity contribution in [3.63, 3.8) is 0 Å². The van der Waals surface area contributed by atoms with Crippen molar-refractivity contribution in [2.75, 3.05) is 13.2 Å². The van der Waals surface area contributed by atoms with Crippen molar-refractivity contribution in [2.24, 2.45) is 5.92 Å². The van der Waals surface area contributed by atoms with Crippen molar-refractivity contribution in [3.05, 3.63) is 82.7 Å². The van der Waals surface area contributed by atoms with E-state index in [2.05, 4.69) is 9.47 Å². The first-order valence-electron chi connectivity index (χ1n) is 11.0. The molecule has 4 rings (SSSR count). The van der Waals surface area contributed by atoms with Gasteiger partial charge in [0.05, 0.1) is 13.2 Å². The minimum atomic E-state index is -5.41. The van der Waals surface area contributed by atoms with Crippen LogP contribution in [0.3, 0.4) is 0 Å². The van der Waals surface area contributed by atoms with Crippen LogP contribution in [0.5, 0.6) is 11.5 Å². The predicted octanol–water partition coefficient (Wildman–Crippen LogP) is 7.76. The normalized spacial score (nSPS) is 18.2. The molecule has 1 aliphatic rings. The van der Waals surface area contributed by atoms with E-state index in [9.17, 15) is 43.9 Å². The molecule has 0 radical (unpaired) electrons. The van der Waals surface area contributed by atoms with Crippen LogP contribution in [-0.2, 0) is 15.6 Å². The molecule has 4 nitrogen and oxygen atoms in total. The quantitative estimate of drug-likeness (QED) is 0.284. The summed E-state index contributed by atoms with van der Waals surface area (Å²) in [5, 5.41) is 0. The summed E-state index contributed by atoms with van der Waals surface area (Å²) in [7, 11) is 0. The van der Waals surface area contributed by atoms with Gasteiger partial charge in [-0.05, 0) is 42.0 Å². The van der Waals surface area contributed by atoms with Gasteiger partial charge in [-0.2, -0.15) is 8.78 Å². The topological polar surface area (TPSA) is 36.9 Å². The second kappa shape index (κ2) is 10.6. The third-order valence-electron chi connectivity index (χ3n) is 5.41. The highest BCUT2D eigenvalue weighted by atomic mass is 19.4. The van der Waals surface area contributed by atoms with E-state index < -0.39 is 76.0 Å². The number of ether oxygens (including phenoxy) is 4. The van der Waals surface area contributed by atoms with Gasteiger partial charge in [0.15, 0.2) is 17.9 Å². The van der Waals surface area contributed by atoms with Gasteiger partial charge in [-0.25, -0.2) is 22.0 Å². The maximum Gasteiger partial charge on any atom is 0.573 e. The fraction of sp³-hybridized carbons (Fsp3) is 0.280. The number of alkyl halides is 5. The van der Waals surface area contributed by atoms with Crippen LogP contribution in [0.25, 0.3) is 11.1 Å². The molecule has 0 aromatic heterocycles. The molecule has 0 aliphatic carbocycles. The first kappa shape index (κ1) is 28.5. The lowest BCUT2D eigenvalue weighted by Gasteiger charge is -2.28. The molecule has 0 atom stereocenters. The van der Waals surface area contributed by atoms with Gasteiger partial charge < -0.3 is 18.9 Å². The Kier molecular flexibility index (Phi) is 7.72. The molecule has 0 spiro atoms. The highest BCUT2D eigenvalue weighted by Crippen LogP contribution is 2.39. The third-order valence-corrected chi connectivity index (χ3v) is 5.41. The molecule has 14 heteroatoms. The summed E-state index contributed by atoms with van der Waals surface area (Å²) in [4.78, 5) is 0. The summed E-state index contributed by atoms with van der Waals surface area (Å²) in [5.41, 5.74) is -3.21. The second-order valence-corrected chi connectivity index (χ2v) is 8.54. The van der Waals surface area contributed by atoms with Crippen molar-refractivity contribution < 1.29 is 62.9 Å². The maximum absolute atomic E-state index is 14.7. The van der Waals surface area contributed by atoms with E-state index in [1.54, 1.807) is 6.92 Å². The molecule has 3 aromatic carbocycles. The molecule has 0 unspecified atom stereocenters. The maximum atomic E-state index is 14.7. The monoisotopic (exact) mass is 570 g/mol. The first-order chi connectivity index (χ1) is 18.1. The zero-order valence-electron chi connectivity index (χ0n) is 19.5. The molecule has 1 heterocycles. The summed E-state index contributed by atoms with van der Waals surface area (Å²) in [6.45, 7) is 2.22. The van der Waals surface area contributed by atoms with Crippen molar-refractivity contribution in [2.45, 2.75) is 25.7 Å². The zero-order chi connectivity index (χ0) is 28.7. The van der Waals surface area contributed by atoms with Gasteiger partial charge in [0.25, 0.3) is 0 Å². The van der Waals surface area contributed by atoms with E-state index >= 15 is 0 Å². The molecule has 0 amide bonds. The Hall–Kier alpha value is -3.52. The third kappa shape index (κ3) is 6.38. The molecular weight excluding hydrogens is 554 g/mol. The van der Waals surface area contributed by atoms with E-state index in [4.69, 9.17) is 9.47 Å². The van der Waals surface area contributed by atoms with Gasteiger partial charge in [0.2, 0.25) is 5.75 Å². The van der Waals surface area contributed by atoms with Crippen molar-refractivity contribution in [1.82, 2.24) is 0 Å². The van der Waals surface area contributed by atoms with Crippen LogP contribution in [0.1, 0.15) is 24.3 Å². The van der Waals surface area contributed by atoms with Crippen LogP contribution in [0.2, 0.25) is 0 Å². The van der Waals surface area contributed by atoms with Gasteiger partial charge in [0.1, 0.15) is 28.8 Å². The molecule has 0 N–H and O–H groups in total. The predicted molar refractivity (Wildman–Crippen MR) is 113 cm³/mol. The van der Waals surface area contributed by atoms with E-state index in [1.807, 2.05) is 0 Å². The van der Waals surface area contributed by atoms with Crippen LogP contribution in [-0.4, -0.2) is 19.6 Å². The van der Waals surface area contributed by atoms with Gasteiger partial charge in [-0.3, -0.25) is 0 Å². The molecule has 3 aromatic rings. The minimum Gasteiger partial charge on any atom is -0.429 e. The SMILES string of the molecule is CC1COC(c2cc(F)c(C(F)(F)Oc3ccc(-c4cc(F)c(OC(F)(F)F)c(F)c4)c(F)c3)c(F)c2)OC1. The molecule has 1 fully saturated rings. The van der Waals surface area contributed by atoms with Gasteiger partial charge in [-0.15, -0.1) is 13.2 Å². The van der Waals surface area contributed by atoms with E-state index in [1.165, 1.54) is 0 Å². The summed E-state index contributed by atoms with van der Waals surface area (Å²) in [5.74, 6) is -11.1. The van der Waals surface area contributed by atoms with Crippen LogP contribution >= 0.6 is 0 Å². The van der Waals surface area contributed by atoms with E-state index in [0.29, 0.717) is 42.5 Å². The van der Waals surface area contributed by atoms with E-state index in [-0.39, 0.29) is 24.7 Å². The Morgan fingerprint density at radius 2 is 1.28 bits per heavy atom. The number of halogens is 10. The first-order valence-corrected chi connectivity index (χ1v) is 11.0. The lowest BCUT2D eigenvalue weighted by atomic mass is 10.0. The van der Waals surface area contributed by atoms with Gasteiger partial charge >= 0.3 is 12.5 Å². The van der Waals surface area contributed by atoms with Crippen LogP contribution in [0, 0.1) is 35.0 Å². The highest BCUT2D eigenvalue weighted by Gasteiger charge is 2.42. The van der Waals surface area contributed by atoms with Crippen LogP contribution < -0.4 is 9.47 Å². The number of hydrogen-bond acceptors (Lipinski definition) is 4. The van der Waals surface area contributed by atoms with Gasteiger partial charge in [0, 0.05) is 23.1 Å². The van der Waals surface area contributed by atoms with Crippen LogP contribution in [0.15, 0.2) is 42.5 Å². The van der Waals surface area contributed by atoms with Crippen molar-refractivity contribution in [3.8, 4) is 22.6 Å². The summed E-state index contributed by atoms with van der Waals surface area (Å²) in [6.07, 6.45) is -11.2. The Morgan fingerprint density at radius 3 is 1.79 bits per heavy atom. The number of benzene rings is 3. The molecule has 1 saturated heterocycles. The number of rotatable bonds is 6. The Balaban J connectivity index is 1.57. The van der Waals surface area contributed by atoms with Crippen molar-refractivity contribution in [1.29, 1.82) is 0 Å². The Morgan fingerprint density at radius 1 is 0.718 bits per heavy atom. The molecule has 39 heavy (non-hydrogen) atoms. The Bertz CT molecular complexity index is 1320. The standard InChI is InChI=1S/C25H16F10O4/c1-11-9-36-23(37-10-11)13-6-17(27)21(18(28)7-13)24(31,32)38-14-2-3-15(16(26)8-14)12-4-19(29)22(20(30)5-12)39-25(33,34)35/h2-8,11,23H,9-10H2,1H3. The summed E-state index contributed by atoms with van der Waals surface area (Å²) >= 11 is 0.